The lowest BCUT2D eigenvalue weighted by molar-refractivity contribution is -0.120. The maximum atomic E-state index is 11.5. The summed E-state index contributed by atoms with van der Waals surface area (Å²) < 4.78 is 10.3. The van der Waals surface area contributed by atoms with E-state index in [2.05, 4.69) is 10.6 Å². The molecule has 0 saturated carbocycles. The van der Waals surface area contributed by atoms with Crippen LogP contribution < -0.4 is 15.4 Å². The van der Waals surface area contributed by atoms with Crippen molar-refractivity contribution in [3.05, 3.63) is 24.3 Å². The zero-order valence-electron chi connectivity index (χ0n) is 10.9. The fourth-order valence-corrected chi connectivity index (χ4v) is 1.38. The van der Waals surface area contributed by atoms with Gasteiger partial charge in [0.25, 0.3) is 0 Å². The Hall–Kier alpha value is -1.59. The van der Waals surface area contributed by atoms with E-state index in [9.17, 15) is 4.79 Å². The van der Waals surface area contributed by atoms with Crippen molar-refractivity contribution in [3.8, 4) is 5.75 Å². The van der Waals surface area contributed by atoms with Gasteiger partial charge in [0.1, 0.15) is 12.4 Å². The molecule has 1 aromatic carbocycles. The van der Waals surface area contributed by atoms with Crippen molar-refractivity contribution in [1.29, 1.82) is 0 Å². The van der Waals surface area contributed by atoms with Crippen molar-refractivity contribution < 1.29 is 14.3 Å². The Morgan fingerprint density at radius 3 is 2.94 bits per heavy atom. The van der Waals surface area contributed by atoms with E-state index < -0.39 is 0 Å². The number of ether oxygens (including phenoxy) is 2. The van der Waals surface area contributed by atoms with Gasteiger partial charge in [0.2, 0.25) is 5.91 Å². The zero-order chi connectivity index (χ0) is 13.2. The topological polar surface area (TPSA) is 59.6 Å². The number of nitrogens with one attached hydrogen (secondary N) is 2. The molecular formula is C13H20N2O3. The summed E-state index contributed by atoms with van der Waals surface area (Å²) in [4.78, 5) is 11.5. The fraction of sp³-hybridized carbons (Fsp3) is 0.462. The molecule has 0 aliphatic heterocycles. The number of methoxy groups -OCH3 is 1. The van der Waals surface area contributed by atoms with Gasteiger partial charge in [0.05, 0.1) is 13.7 Å². The van der Waals surface area contributed by atoms with Crippen LogP contribution in [0.5, 0.6) is 5.75 Å². The van der Waals surface area contributed by atoms with E-state index in [0.29, 0.717) is 18.0 Å². The van der Waals surface area contributed by atoms with Gasteiger partial charge in [-0.3, -0.25) is 4.79 Å². The number of anilines is 1. The highest BCUT2D eigenvalue weighted by molar-refractivity contribution is 5.91. The van der Waals surface area contributed by atoms with Crippen LogP contribution in [0.3, 0.4) is 0 Å². The van der Waals surface area contributed by atoms with Crippen LogP contribution in [0.2, 0.25) is 0 Å². The van der Waals surface area contributed by atoms with Gasteiger partial charge in [-0.15, -0.1) is 0 Å². The van der Waals surface area contributed by atoms with Crippen LogP contribution >= 0.6 is 0 Å². The molecule has 0 atom stereocenters. The molecule has 2 N–H and O–H groups in total. The predicted molar refractivity (Wildman–Crippen MR) is 71.0 cm³/mol. The normalized spacial score (nSPS) is 10.1. The Kier molecular flexibility index (Phi) is 6.83. The minimum absolute atomic E-state index is 0.0581. The summed E-state index contributed by atoms with van der Waals surface area (Å²) in [7, 11) is 1.59. The van der Waals surface area contributed by atoms with Crippen molar-refractivity contribution >= 4 is 11.6 Å². The highest BCUT2D eigenvalue weighted by Gasteiger charge is 2.03. The summed E-state index contributed by atoms with van der Waals surface area (Å²) in [6, 6.07) is 7.21. The molecule has 0 saturated heterocycles. The highest BCUT2D eigenvalue weighted by atomic mass is 16.5. The molecule has 0 spiro atoms. The third kappa shape index (κ3) is 5.65. The molecule has 0 unspecified atom stereocenters. The second-order valence-electron chi connectivity index (χ2n) is 3.69. The van der Waals surface area contributed by atoms with E-state index in [1.807, 2.05) is 19.1 Å². The summed E-state index contributed by atoms with van der Waals surface area (Å²) in [5, 5.41) is 5.86. The van der Waals surface area contributed by atoms with Gasteiger partial charge >= 0.3 is 0 Å². The van der Waals surface area contributed by atoms with Crippen LogP contribution in [0, 0.1) is 0 Å². The summed E-state index contributed by atoms with van der Waals surface area (Å²) >= 11 is 0. The molecule has 100 valence electrons. The second-order valence-corrected chi connectivity index (χ2v) is 3.69. The van der Waals surface area contributed by atoms with Gasteiger partial charge in [0.15, 0.2) is 0 Å². The number of carbonyl (C=O) groups excluding carboxylic acids is 1. The molecule has 0 radical (unpaired) electrons. The molecule has 5 heteroatoms. The highest BCUT2D eigenvalue weighted by Crippen LogP contribution is 2.16. The van der Waals surface area contributed by atoms with Crippen molar-refractivity contribution in [2.24, 2.45) is 0 Å². The molecule has 1 amide bonds. The second kappa shape index (κ2) is 8.49. The number of benzene rings is 1. The molecule has 0 aromatic heterocycles. The van der Waals surface area contributed by atoms with Crippen LogP contribution in [-0.2, 0) is 9.53 Å². The summed E-state index contributed by atoms with van der Waals surface area (Å²) in [6.45, 7) is 4.26. The average molecular weight is 252 g/mol. The summed E-state index contributed by atoms with van der Waals surface area (Å²) in [6.07, 6.45) is 0. The number of rotatable bonds is 8. The molecule has 0 aliphatic carbocycles. The van der Waals surface area contributed by atoms with Crippen molar-refractivity contribution in [2.45, 2.75) is 6.92 Å². The monoisotopic (exact) mass is 252 g/mol. The van der Waals surface area contributed by atoms with Crippen molar-refractivity contribution in [2.75, 3.05) is 38.7 Å². The van der Waals surface area contributed by atoms with Gasteiger partial charge in [-0.05, 0) is 18.7 Å². The van der Waals surface area contributed by atoms with Crippen LogP contribution in [-0.4, -0.2) is 39.3 Å². The zero-order valence-corrected chi connectivity index (χ0v) is 10.9. The number of hydrogen-bond donors (Lipinski definition) is 2. The van der Waals surface area contributed by atoms with Gasteiger partial charge in [-0.25, -0.2) is 0 Å². The van der Waals surface area contributed by atoms with Crippen LogP contribution in [0.15, 0.2) is 24.3 Å². The van der Waals surface area contributed by atoms with Crippen LogP contribution in [0.4, 0.5) is 5.69 Å². The first-order valence-corrected chi connectivity index (χ1v) is 5.98. The summed E-state index contributed by atoms with van der Waals surface area (Å²) in [5.74, 6) is 0.542. The third-order valence-corrected chi connectivity index (χ3v) is 2.26. The first-order chi connectivity index (χ1) is 8.76. The largest absolute Gasteiger partial charge is 0.497 e. The Morgan fingerprint density at radius 2 is 2.22 bits per heavy atom. The SMILES string of the molecule is CCNCCOCC(=O)Nc1cccc(OC)c1. The smallest absolute Gasteiger partial charge is 0.250 e. The van der Waals surface area contributed by atoms with E-state index in [0.717, 1.165) is 13.1 Å². The lowest BCUT2D eigenvalue weighted by Crippen LogP contribution is -2.23. The Bertz CT molecular complexity index is 369. The Labute approximate surface area is 107 Å². The van der Waals surface area contributed by atoms with Crippen molar-refractivity contribution in [1.82, 2.24) is 5.32 Å². The molecule has 1 rings (SSSR count). The lowest BCUT2D eigenvalue weighted by Gasteiger charge is -2.07. The van der Waals surface area contributed by atoms with Crippen molar-refractivity contribution in [3.63, 3.8) is 0 Å². The molecule has 0 bridgehead atoms. The minimum Gasteiger partial charge on any atom is -0.497 e. The molecule has 0 heterocycles. The van der Waals surface area contributed by atoms with Gasteiger partial charge in [-0.2, -0.15) is 0 Å². The fourth-order valence-electron chi connectivity index (χ4n) is 1.38. The number of hydrogen-bond acceptors (Lipinski definition) is 4. The van der Waals surface area contributed by atoms with Crippen LogP contribution in [0.1, 0.15) is 6.92 Å². The molecule has 0 fully saturated rings. The maximum Gasteiger partial charge on any atom is 0.250 e. The first kappa shape index (κ1) is 14.5. The van der Waals surface area contributed by atoms with Crippen LogP contribution in [0.25, 0.3) is 0 Å². The van der Waals surface area contributed by atoms with E-state index in [4.69, 9.17) is 9.47 Å². The van der Waals surface area contributed by atoms with Gasteiger partial charge in [-0.1, -0.05) is 13.0 Å². The number of amides is 1. The van der Waals surface area contributed by atoms with E-state index >= 15 is 0 Å². The minimum atomic E-state index is -0.167. The lowest BCUT2D eigenvalue weighted by atomic mass is 10.3. The maximum absolute atomic E-state index is 11.5. The van der Waals surface area contributed by atoms with Gasteiger partial charge < -0.3 is 20.1 Å². The molecular weight excluding hydrogens is 232 g/mol. The Morgan fingerprint density at radius 1 is 1.39 bits per heavy atom. The molecule has 18 heavy (non-hydrogen) atoms. The quantitative estimate of drug-likeness (QED) is 0.684. The summed E-state index contributed by atoms with van der Waals surface area (Å²) in [5.41, 5.74) is 0.703. The molecule has 1 aromatic rings. The standard InChI is InChI=1S/C13H20N2O3/c1-3-14-7-8-18-10-13(16)15-11-5-4-6-12(9-11)17-2/h4-6,9,14H,3,7-8,10H2,1-2H3,(H,15,16). The first-order valence-electron chi connectivity index (χ1n) is 5.98. The Balaban J connectivity index is 2.26. The number of carbonyl (C=O) groups is 1. The molecule has 5 nitrogen and oxygen atoms in total. The van der Waals surface area contributed by atoms with Gasteiger partial charge in [0, 0.05) is 18.3 Å². The van der Waals surface area contributed by atoms with E-state index in [-0.39, 0.29) is 12.5 Å². The van der Waals surface area contributed by atoms with E-state index in [1.165, 1.54) is 0 Å². The predicted octanol–water partition coefficient (Wildman–Crippen LogP) is 1.26. The third-order valence-electron chi connectivity index (χ3n) is 2.26. The number of likely N-dealkylation sites (N-methyl/N-ethyl adjacent to an activating group) is 1. The molecule has 0 aliphatic rings. The average Bonchev–Trinajstić information content (AvgIpc) is 2.38. The van der Waals surface area contributed by atoms with E-state index in [1.54, 1.807) is 19.2 Å².